The van der Waals surface area contributed by atoms with Crippen LogP contribution < -0.4 is 0 Å². The number of esters is 1. The molecular formula is C13H20O2Si. The van der Waals surface area contributed by atoms with Gasteiger partial charge in [-0.15, -0.1) is 0 Å². The maximum atomic E-state index is 11.6. The van der Waals surface area contributed by atoms with Gasteiger partial charge in [0.15, 0.2) is 0 Å². The molecule has 1 aromatic carbocycles. The van der Waals surface area contributed by atoms with Crippen LogP contribution in [0.25, 0.3) is 0 Å². The van der Waals surface area contributed by atoms with Crippen LogP contribution in [0.1, 0.15) is 21.5 Å². The highest BCUT2D eigenvalue weighted by atomic mass is 28.3. The van der Waals surface area contributed by atoms with E-state index < -0.39 is 8.07 Å². The standard InChI is InChI=1S/C13H20O2Si/c1-10-6-7-12(13(14)15-2)11(8-10)9-16(3,4)5/h6-8H,9H2,1-5H3. The largest absolute Gasteiger partial charge is 0.465 e. The number of ether oxygens (including phenoxy) is 1. The van der Waals surface area contributed by atoms with E-state index in [0.717, 1.165) is 17.2 Å². The maximum absolute atomic E-state index is 11.6. The summed E-state index contributed by atoms with van der Waals surface area (Å²) < 4.78 is 4.81. The molecule has 0 aromatic heterocycles. The van der Waals surface area contributed by atoms with Crippen molar-refractivity contribution in [3.05, 3.63) is 34.9 Å². The summed E-state index contributed by atoms with van der Waals surface area (Å²) in [5.74, 6) is -0.228. The summed E-state index contributed by atoms with van der Waals surface area (Å²) in [6.07, 6.45) is 0. The SMILES string of the molecule is COC(=O)c1ccc(C)cc1C[Si](C)(C)C. The average molecular weight is 236 g/mol. The van der Waals surface area contributed by atoms with Gasteiger partial charge in [-0.05, 0) is 24.6 Å². The van der Waals surface area contributed by atoms with E-state index in [1.807, 2.05) is 12.1 Å². The van der Waals surface area contributed by atoms with Gasteiger partial charge in [-0.3, -0.25) is 0 Å². The average Bonchev–Trinajstić information content (AvgIpc) is 2.14. The van der Waals surface area contributed by atoms with Crippen molar-refractivity contribution in [1.29, 1.82) is 0 Å². The molecule has 0 saturated heterocycles. The molecule has 0 unspecified atom stereocenters. The van der Waals surface area contributed by atoms with E-state index in [1.165, 1.54) is 12.7 Å². The number of methoxy groups -OCH3 is 1. The first-order valence-corrected chi connectivity index (χ1v) is 9.22. The van der Waals surface area contributed by atoms with Crippen LogP contribution in [0.3, 0.4) is 0 Å². The van der Waals surface area contributed by atoms with Gasteiger partial charge in [0.25, 0.3) is 0 Å². The van der Waals surface area contributed by atoms with Gasteiger partial charge in [0.1, 0.15) is 0 Å². The molecule has 0 heterocycles. The number of carbonyl (C=O) groups is 1. The van der Waals surface area contributed by atoms with Crippen molar-refractivity contribution in [3.63, 3.8) is 0 Å². The Kier molecular flexibility index (Phi) is 3.91. The van der Waals surface area contributed by atoms with E-state index in [4.69, 9.17) is 4.74 Å². The Morgan fingerprint density at radius 3 is 2.44 bits per heavy atom. The fraction of sp³-hybridized carbons (Fsp3) is 0.462. The minimum absolute atomic E-state index is 0.228. The molecule has 88 valence electrons. The highest BCUT2D eigenvalue weighted by Crippen LogP contribution is 2.18. The second-order valence-corrected chi connectivity index (χ2v) is 10.9. The Morgan fingerprint density at radius 1 is 1.31 bits per heavy atom. The zero-order chi connectivity index (χ0) is 12.3. The summed E-state index contributed by atoms with van der Waals surface area (Å²) in [6, 6.07) is 6.94. The van der Waals surface area contributed by atoms with Gasteiger partial charge in [0.2, 0.25) is 0 Å². The lowest BCUT2D eigenvalue weighted by Crippen LogP contribution is -2.25. The Labute approximate surface area is 98.6 Å². The van der Waals surface area contributed by atoms with E-state index >= 15 is 0 Å². The molecule has 0 spiro atoms. The molecule has 1 aromatic rings. The number of aryl methyl sites for hydroxylation is 1. The molecule has 1 rings (SSSR count). The van der Waals surface area contributed by atoms with E-state index in [2.05, 4.69) is 32.6 Å². The van der Waals surface area contributed by atoms with Gasteiger partial charge >= 0.3 is 5.97 Å². The van der Waals surface area contributed by atoms with Gasteiger partial charge in [0, 0.05) is 8.07 Å². The third-order valence-corrected chi connectivity index (χ3v) is 3.83. The normalized spacial score (nSPS) is 11.3. The summed E-state index contributed by atoms with van der Waals surface area (Å²) in [5, 5.41) is 0. The number of rotatable bonds is 3. The van der Waals surface area contributed by atoms with Crippen LogP contribution in [0.5, 0.6) is 0 Å². The highest BCUT2D eigenvalue weighted by Gasteiger charge is 2.19. The fourth-order valence-corrected chi connectivity index (χ4v) is 3.18. The van der Waals surface area contributed by atoms with Crippen LogP contribution in [-0.4, -0.2) is 21.2 Å². The van der Waals surface area contributed by atoms with Crippen LogP contribution in [0.15, 0.2) is 18.2 Å². The highest BCUT2D eigenvalue weighted by molar-refractivity contribution is 6.75. The molecule has 0 aliphatic carbocycles. The Morgan fingerprint density at radius 2 is 1.94 bits per heavy atom. The van der Waals surface area contributed by atoms with Gasteiger partial charge in [-0.25, -0.2) is 4.79 Å². The monoisotopic (exact) mass is 236 g/mol. The zero-order valence-corrected chi connectivity index (χ0v) is 11.8. The van der Waals surface area contributed by atoms with Crippen molar-refractivity contribution >= 4 is 14.0 Å². The third kappa shape index (κ3) is 3.49. The molecule has 2 nitrogen and oxygen atoms in total. The molecular weight excluding hydrogens is 216 g/mol. The topological polar surface area (TPSA) is 26.3 Å². The van der Waals surface area contributed by atoms with Crippen LogP contribution in [-0.2, 0) is 10.8 Å². The van der Waals surface area contributed by atoms with Crippen molar-refractivity contribution < 1.29 is 9.53 Å². The van der Waals surface area contributed by atoms with Crippen molar-refractivity contribution in [2.45, 2.75) is 32.6 Å². The number of hydrogen-bond acceptors (Lipinski definition) is 2. The number of hydrogen-bond donors (Lipinski definition) is 0. The molecule has 0 amide bonds. The number of carbonyl (C=O) groups excluding carboxylic acids is 1. The summed E-state index contributed by atoms with van der Waals surface area (Å²) in [5.41, 5.74) is 3.04. The molecule has 0 saturated carbocycles. The van der Waals surface area contributed by atoms with E-state index in [0.29, 0.717) is 0 Å². The smallest absolute Gasteiger partial charge is 0.338 e. The van der Waals surface area contributed by atoms with Crippen LogP contribution in [0, 0.1) is 6.92 Å². The Bertz CT molecular complexity index is 391. The molecule has 0 bridgehead atoms. The predicted octanol–water partition coefficient (Wildman–Crippen LogP) is 3.20. The lowest BCUT2D eigenvalue weighted by molar-refractivity contribution is 0.0600. The van der Waals surface area contributed by atoms with Crippen LogP contribution in [0.4, 0.5) is 0 Å². The van der Waals surface area contributed by atoms with Crippen molar-refractivity contribution in [2.24, 2.45) is 0 Å². The third-order valence-electron chi connectivity index (χ3n) is 2.39. The van der Waals surface area contributed by atoms with Gasteiger partial charge in [-0.1, -0.05) is 37.3 Å². The quantitative estimate of drug-likeness (QED) is 0.595. The molecule has 0 aliphatic heterocycles. The lowest BCUT2D eigenvalue weighted by atomic mass is 10.1. The fourth-order valence-electron chi connectivity index (χ4n) is 1.75. The molecule has 16 heavy (non-hydrogen) atoms. The molecule has 0 N–H and O–H groups in total. The van der Waals surface area contributed by atoms with Crippen molar-refractivity contribution in [1.82, 2.24) is 0 Å². The minimum atomic E-state index is -1.22. The van der Waals surface area contributed by atoms with Gasteiger partial charge in [0.05, 0.1) is 12.7 Å². The first-order chi connectivity index (χ1) is 7.33. The van der Waals surface area contributed by atoms with Crippen LogP contribution in [0.2, 0.25) is 19.6 Å². The van der Waals surface area contributed by atoms with Crippen molar-refractivity contribution in [3.8, 4) is 0 Å². The molecule has 3 heteroatoms. The predicted molar refractivity (Wildman–Crippen MR) is 69.6 cm³/mol. The first-order valence-electron chi connectivity index (χ1n) is 5.51. The lowest BCUT2D eigenvalue weighted by Gasteiger charge is -2.18. The van der Waals surface area contributed by atoms with E-state index in [9.17, 15) is 4.79 Å². The summed E-state index contributed by atoms with van der Waals surface area (Å²) in [7, 11) is 0.212. The summed E-state index contributed by atoms with van der Waals surface area (Å²) in [6.45, 7) is 8.96. The number of benzene rings is 1. The van der Waals surface area contributed by atoms with E-state index in [-0.39, 0.29) is 5.97 Å². The Balaban J connectivity index is 3.13. The zero-order valence-electron chi connectivity index (χ0n) is 10.8. The van der Waals surface area contributed by atoms with E-state index in [1.54, 1.807) is 0 Å². The molecule has 0 aliphatic rings. The second-order valence-electron chi connectivity index (χ2n) is 5.39. The van der Waals surface area contributed by atoms with Gasteiger partial charge < -0.3 is 4.74 Å². The summed E-state index contributed by atoms with van der Waals surface area (Å²) >= 11 is 0. The van der Waals surface area contributed by atoms with Crippen LogP contribution >= 0.6 is 0 Å². The second kappa shape index (κ2) is 4.83. The molecule has 0 atom stereocenters. The Hall–Kier alpha value is -1.09. The maximum Gasteiger partial charge on any atom is 0.338 e. The molecule has 0 fully saturated rings. The summed E-state index contributed by atoms with van der Waals surface area (Å²) in [4.78, 5) is 11.6. The minimum Gasteiger partial charge on any atom is -0.465 e. The molecule has 0 radical (unpaired) electrons. The van der Waals surface area contributed by atoms with Crippen molar-refractivity contribution in [2.75, 3.05) is 7.11 Å². The first kappa shape index (κ1) is 13.0. The van der Waals surface area contributed by atoms with Gasteiger partial charge in [-0.2, -0.15) is 0 Å².